The zero-order valence-electron chi connectivity index (χ0n) is 14.8. The fraction of sp³-hybridized carbons (Fsp3) is 0.526. The van der Waals surface area contributed by atoms with Gasteiger partial charge in [0.1, 0.15) is 5.41 Å². The molecular weight excluding hydrogens is 318 g/mol. The Hall–Kier alpha value is -2.37. The van der Waals surface area contributed by atoms with Crippen LogP contribution in [-0.2, 0) is 9.59 Å². The molecule has 1 saturated heterocycles. The average molecular weight is 343 g/mol. The maximum absolute atomic E-state index is 12.5. The summed E-state index contributed by atoms with van der Waals surface area (Å²) in [5.41, 5.74) is 0.969. The molecule has 1 aromatic carbocycles. The van der Waals surface area contributed by atoms with Crippen molar-refractivity contribution in [3.8, 4) is 0 Å². The van der Waals surface area contributed by atoms with Crippen molar-refractivity contribution in [2.45, 2.75) is 38.6 Å². The van der Waals surface area contributed by atoms with Gasteiger partial charge >= 0.3 is 0 Å². The van der Waals surface area contributed by atoms with Crippen LogP contribution < -0.4 is 10.6 Å². The molecule has 2 N–H and O–H groups in total. The van der Waals surface area contributed by atoms with Gasteiger partial charge in [-0.2, -0.15) is 0 Å². The molecular formula is C19H25N3O3. The lowest BCUT2D eigenvalue weighted by atomic mass is 10.00. The Kier molecular flexibility index (Phi) is 4.79. The van der Waals surface area contributed by atoms with Gasteiger partial charge in [0.25, 0.3) is 5.91 Å². The van der Waals surface area contributed by atoms with Gasteiger partial charge in [-0.25, -0.2) is 0 Å². The first kappa shape index (κ1) is 17.5. The Bertz CT molecular complexity index is 672. The minimum absolute atomic E-state index is 0.0247. The Morgan fingerprint density at radius 1 is 1.04 bits per heavy atom. The number of hydrogen-bond acceptors (Lipinski definition) is 3. The van der Waals surface area contributed by atoms with Crippen molar-refractivity contribution in [2.24, 2.45) is 5.41 Å². The zero-order valence-corrected chi connectivity index (χ0v) is 14.8. The Labute approximate surface area is 148 Å². The van der Waals surface area contributed by atoms with E-state index in [9.17, 15) is 14.4 Å². The van der Waals surface area contributed by atoms with E-state index in [-0.39, 0.29) is 23.8 Å². The van der Waals surface area contributed by atoms with Crippen LogP contribution in [0.2, 0.25) is 0 Å². The van der Waals surface area contributed by atoms with Crippen molar-refractivity contribution in [1.82, 2.24) is 15.5 Å². The quantitative estimate of drug-likeness (QED) is 0.808. The molecule has 2 fully saturated rings. The van der Waals surface area contributed by atoms with E-state index in [4.69, 9.17) is 0 Å². The molecule has 3 rings (SSSR count). The molecule has 0 spiro atoms. The molecule has 0 atom stereocenters. The van der Waals surface area contributed by atoms with Crippen LogP contribution in [0, 0.1) is 12.3 Å². The summed E-state index contributed by atoms with van der Waals surface area (Å²) in [4.78, 5) is 38.6. The van der Waals surface area contributed by atoms with Gasteiger partial charge < -0.3 is 15.5 Å². The lowest BCUT2D eigenvalue weighted by Crippen LogP contribution is -2.50. The molecule has 1 heterocycles. The van der Waals surface area contributed by atoms with Crippen molar-refractivity contribution in [1.29, 1.82) is 0 Å². The van der Waals surface area contributed by atoms with E-state index in [0.29, 0.717) is 44.3 Å². The van der Waals surface area contributed by atoms with E-state index in [1.165, 1.54) is 0 Å². The van der Waals surface area contributed by atoms with Gasteiger partial charge in [-0.15, -0.1) is 0 Å². The number of nitrogens with zero attached hydrogens (tertiary/aromatic N) is 1. The van der Waals surface area contributed by atoms with Crippen LogP contribution in [0.5, 0.6) is 0 Å². The Morgan fingerprint density at radius 3 is 2.16 bits per heavy atom. The minimum atomic E-state index is -0.858. The molecule has 0 bridgehead atoms. The van der Waals surface area contributed by atoms with Crippen LogP contribution in [-0.4, -0.2) is 48.8 Å². The number of piperidine rings is 1. The van der Waals surface area contributed by atoms with Crippen LogP contribution in [0.15, 0.2) is 24.3 Å². The van der Waals surface area contributed by atoms with Gasteiger partial charge in [0.15, 0.2) is 0 Å². The number of carbonyl (C=O) groups excluding carboxylic acids is 3. The minimum Gasteiger partial charge on any atom is -0.358 e. The molecule has 1 aliphatic carbocycles. The number of carbonyl (C=O) groups is 3. The number of amides is 3. The largest absolute Gasteiger partial charge is 0.358 e. The summed E-state index contributed by atoms with van der Waals surface area (Å²) < 4.78 is 0. The van der Waals surface area contributed by atoms with Crippen molar-refractivity contribution in [3.05, 3.63) is 35.4 Å². The summed E-state index contributed by atoms with van der Waals surface area (Å²) in [6.45, 7) is 3.23. The second-order valence-electron chi connectivity index (χ2n) is 7.07. The van der Waals surface area contributed by atoms with Crippen LogP contribution in [0.1, 0.15) is 41.6 Å². The topological polar surface area (TPSA) is 78.5 Å². The lowest BCUT2D eigenvalue weighted by Gasteiger charge is -2.33. The van der Waals surface area contributed by atoms with E-state index in [0.717, 1.165) is 5.56 Å². The third-order valence-electron chi connectivity index (χ3n) is 5.26. The summed E-state index contributed by atoms with van der Waals surface area (Å²) >= 11 is 0. The summed E-state index contributed by atoms with van der Waals surface area (Å²) in [5.74, 6) is -0.332. The third kappa shape index (κ3) is 3.52. The van der Waals surface area contributed by atoms with E-state index >= 15 is 0 Å². The number of rotatable bonds is 4. The predicted octanol–water partition coefficient (Wildman–Crippen LogP) is 1.24. The first-order chi connectivity index (χ1) is 12.0. The normalized spacial score (nSPS) is 19.2. The third-order valence-corrected chi connectivity index (χ3v) is 5.26. The predicted molar refractivity (Wildman–Crippen MR) is 94.0 cm³/mol. The zero-order chi connectivity index (χ0) is 18.0. The van der Waals surface area contributed by atoms with Gasteiger partial charge in [0.2, 0.25) is 11.8 Å². The molecule has 25 heavy (non-hydrogen) atoms. The highest BCUT2D eigenvalue weighted by Gasteiger charge is 2.56. The summed E-state index contributed by atoms with van der Waals surface area (Å²) in [6.07, 6.45) is 2.66. The molecule has 0 radical (unpaired) electrons. The molecule has 1 aromatic rings. The number of likely N-dealkylation sites (tertiary alicyclic amines) is 1. The van der Waals surface area contributed by atoms with Gasteiger partial charge in [-0.1, -0.05) is 17.7 Å². The van der Waals surface area contributed by atoms with Gasteiger partial charge in [-0.05, 0) is 44.7 Å². The summed E-state index contributed by atoms with van der Waals surface area (Å²) in [6, 6.07) is 7.61. The molecule has 1 saturated carbocycles. The molecule has 0 aromatic heterocycles. The lowest BCUT2D eigenvalue weighted by molar-refractivity contribution is -0.137. The maximum Gasteiger partial charge on any atom is 0.253 e. The molecule has 134 valence electrons. The average Bonchev–Trinajstić information content (AvgIpc) is 3.44. The van der Waals surface area contributed by atoms with Crippen LogP contribution in [0.3, 0.4) is 0 Å². The summed E-state index contributed by atoms with van der Waals surface area (Å²) in [7, 11) is 1.56. The number of nitrogens with one attached hydrogen (secondary N) is 2. The monoisotopic (exact) mass is 343 g/mol. The van der Waals surface area contributed by atoms with Crippen molar-refractivity contribution in [2.75, 3.05) is 20.1 Å². The van der Waals surface area contributed by atoms with E-state index < -0.39 is 5.41 Å². The highest BCUT2D eigenvalue weighted by Crippen LogP contribution is 2.46. The number of aryl methyl sites for hydroxylation is 1. The van der Waals surface area contributed by atoms with Gasteiger partial charge in [-0.3, -0.25) is 14.4 Å². The summed E-state index contributed by atoms with van der Waals surface area (Å²) in [5, 5.41) is 5.58. The fourth-order valence-electron chi connectivity index (χ4n) is 3.35. The highest BCUT2D eigenvalue weighted by molar-refractivity contribution is 6.07. The van der Waals surface area contributed by atoms with Crippen LogP contribution in [0.25, 0.3) is 0 Å². The second kappa shape index (κ2) is 6.86. The fourth-order valence-corrected chi connectivity index (χ4v) is 3.35. The van der Waals surface area contributed by atoms with E-state index in [2.05, 4.69) is 10.6 Å². The van der Waals surface area contributed by atoms with Crippen molar-refractivity contribution in [3.63, 3.8) is 0 Å². The smallest absolute Gasteiger partial charge is 0.253 e. The van der Waals surface area contributed by atoms with Gasteiger partial charge in [0.05, 0.1) is 0 Å². The highest BCUT2D eigenvalue weighted by atomic mass is 16.2. The SMILES string of the molecule is CNC(=O)C1(C(=O)NC2CCN(C(=O)c3ccc(C)cc3)CC2)CC1. The number of hydrogen-bond donors (Lipinski definition) is 2. The molecule has 3 amide bonds. The first-order valence-corrected chi connectivity index (χ1v) is 8.85. The van der Waals surface area contributed by atoms with Crippen molar-refractivity contribution < 1.29 is 14.4 Å². The van der Waals surface area contributed by atoms with Gasteiger partial charge in [0, 0.05) is 31.7 Å². The van der Waals surface area contributed by atoms with E-state index in [1.54, 1.807) is 7.05 Å². The molecule has 6 heteroatoms. The first-order valence-electron chi connectivity index (χ1n) is 8.85. The maximum atomic E-state index is 12.5. The molecule has 0 unspecified atom stereocenters. The Morgan fingerprint density at radius 2 is 1.64 bits per heavy atom. The standard InChI is InChI=1S/C19H25N3O3/c1-13-3-5-14(6-4-13)16(23)22-11-7-15(8-12-22)21-18(25)19(9-10-19)17(24)20-2/h3-6,15H,7-12H2,1-2H3,(H,20,24)(H,21,25). The van der Waals surface area contributed by atoms with Crippen LogP contribution >= 0.6 is 0 Å². The second-order valence-corrected chi connectivity index (χ2v) is 7.07. The van der Waals surface area contributed by atoms with Crippen molar-refractivity contribution >= 4 is 17.7 Å². The molecule has 6 nitrogen and oxygen atoms in total. The van der Waals surface area contributed by atoms with E-state index in [1.807, 2.05) is 36.1 Å². The molecule has 2 aliphatic rings. The Balaban J connectivity index is 1.52. The van der Waals surface area contributed by atoms with Crippen LogP contribution in [0.4, 0.5) is 0 Å². The molecule has 1 aliphatic heterocycles. The number of benzene rings is 1.